The monoisotopic (exact) mass is 513 g/mol. The standard InChI is InChI=1S/C26H31N3O6S/c1-26(2,3)22-13-18(21-14-27-25(31)28-24(21)30)11-17(23(22)35-5)8-7-16-9-10-20(29-36(6,32)33)12-19(16)15-34-4/h7-14,29H,15H2,1-6H3,(H2,27,28,30,31)/b8-7+. The molecular weight excluding hydrogens is 482 g/mol. The first-order chi connectivity index (χ1) is 16.8. The van der Waals surface area contributed by atoms with E-state index in [2.05, 4.69) is 14.7 Å². The van der Waals surface area contributed by atoms with Gasteiger partial charge in [-0.05, 0) is 46.4 Å². The lowest BCUT2D eigenvalue weighted by Gasteiger charge is -2.24. The molecule has 192 valence electrons. The van der Waals surface area contributed by atoms with Crippen LogP contribution in [0.5, 0.6) is 5.75 Å². The molecule has 1 aromatic heterocycles. The van der Waals surface area contributed by atoms with Gasteiger partial charge in [-0.25, -0.2) is 13.2 Å². The summed E-state index contributed by atoms with van der Waals surface area (Å²) in [4.78, 5) is 28.8. The molecule has 9 nitrogen and oxygen atoms in total. The molecule has 3 rings (SSSR count). The van der Waals surface area contributed by atoms with Crippen molar-refractivity contribution in [1.82, 2.24) is 9.97 Å². The zero-order valence-electron chi connectivity index (χ0n) is 21.2. The maximum absolute atomic E-state index is 12.5. The second-order valence-corrected chi connectivity index (χ2v) is 11.2. The van der Waals surface area contributed by atoms with Crippen molar-refractivity contribution < 1.29 is 17.9 Å². The molecule has 0 fully saturated rings. The van der Waals surface area contributed by atoms with Gasteiger partial charge in [-0.3, -0.25) is 14.5 Å². The Hall–Kier alpha value is -3.63. The molecule has 0 bridgehead atoms. The van der Waals surface area contributed by atoms with Crippen LogP contribution in [0.2, 0.25) is 0 Å². The van der Waals surface area contributed by atoms with E-state index >= 15 is 0 Å². The third-order valence-corrected chi connectivity index (χ3v) is 6.06. The highest BCUT2D eigenvalue weighted by atomic mass is 32.2. The highest BCUT2D eigenvalue weighted by Gasteiger charge is 2.23. The normalized spacial score (nSPS) is 12.2. The number of aromatic amines is 2. The third kappa shape index (κ3) is 6.52. The Labute approximate surface area is 210 Å². The van der Waals surface area contributed by atoms with Gasteiger partial charge in [0.25, 0.3) is 5.56 Å². The molecule has 2 aromatic carbocycles. The number of benzene rings is 2. The molecule has 0 amide bonds. The van der Waals surface area contributed by atoms with Gasteiger partial charge in [0.1, 0.15) is 5.75 Å². The number of aromatic nitrogens is 2. The highest BCUT2D eigenvalue weighted by Crippen LogP contribution is 2.38. The van der Waals surface area contributed by atoms with E-state index in [9.17, 15) is 18.0 Å². The third-order valence-electron chi connectivity index (χ3n) is 5.45. The molecule has 3 N–H and O–H groups in total. The summed E-state index contributed by atoms with van der Waals surface area (Å²) in [5, 5.41) is 0. The molecule has 3 aromatic rings. The predicted molar refractivity (Wildman–Crippen MR) is 143 cm³/mol. The Morgan fingerprint density at radius 2 is 1.72 bits per heavy atom. The van der Waals surface area contributed by atoms with Crippen LogP contribution in [0, 0.1) is 0 Å². The molecule has 0 atom stereocenters. The summed E-state index contributed by atoms with van der Waals surface area (Å²) in [6.45, 7) is 6.41. The van der Waals surface area contributed by atoms with Crippen LogP contribution in [0.1, 0.15) is 43.0 Å². The first-order valence-corrected chi connectivity index (χ1v) is 13.0. The van der Waals surface area contributed by atoms with E-state index in [4.69, 9.17) is 9.47 Å². The Balaban J connectivity index is 2.17. The van der Waals surface area contributed by atoms with E-state index in [0.717, 1.165) is 28.5 Å². The number of hydrogen-bond donors (Lipinski definition) is 3. The fraction of sp³-hybridized carbons (Fsp3) is 0.308. The first kappa shape index (κ1) is 27.0. The van der Waals surface area contributed by atoms with Gasteiger partial charge in [-0.15, -0.1) is 0 Å². The maximum atomic E-state index is 12.5. The molecular formula is C26H31N3O6S. The molecule has 0 aliphatic carbocycles. The van der Waals surface area contributed by atoms with Gasteiger partial charge in [0.05, 0.1) is 25.5 Å². The molecule has 0 unspecified atom stereocenters. The van der Waals surface area contributed by atoms with Gasteiger partial charge in [0, 0.05) is 30.1 Å². The summed E-state index contributed by atoms with van der Waals surface area (Å²) < 4.78 is 36.8. The minimum atomic E-state index is -3.42. The fourth-order valence-corrected chi connectivity index (χ4v) is 4.40. The molecule has 0 radical (unpaired) electrons. The van der Waals surface area contributed by atoms with Crippen molar-refractivity contribution in [2.45, 2.75) is 32.8 Å². The van der Waals surface area contributed by atoms with Crippen LogP contribution in [0.3, 0.4) is 0 Å². The Bertz CT molecular complexity index is 1510. The average molecular weight is 514 g/mol. The number of anilines is 1. The summed E-state index contributed by atoms with van der Waals surface area (Å²) >= 11 is 0. The van der Waals surface area contributed by atoms with Gasteiger partial charge in [0.2, 0.25) is 10.0 Å². The second kappa shape index (κ2) is 10.5. The number of hydrogen-bond acceptors (Lipinski definition) is 6. The van der Waals surface area contributed by atoms with E-state index in [1.54, 1.807) is 32.4 Å². The van der Waals surface area contributed by atoms with Crippen LogP contribution in [0.4, 0.5) is 5.69 Å². The Kier molecular flexibility index (Phi) is 7.90. The van der Waals surface area contributed by atoms with Crippen LogP contribution in [0.25, 0.3) is 23.3 Å². The van der Waals surface area contributed by atoms with Crippen molar-refractivity contribution >= 4 is 27.9 Å². The van der Waals surface area contributed by atoms with Crippen LogP contribution >= 0.6 is 0 Å². The molecule has 0 aliphatic rings. The molecule has 0 saturated carbocycles. The van der Waals surface area contributed by atoms with E-state index < -0.39 is 21.3 Å². The largest absolute Gasteiger partial charge is 0.496 e. The Morgan fingerprint density at radius 3 is 2.31 bits per heavy atom. The first-order valence-electron chi connectivity index (χ1n) is 11.1. The summed E-state index contributed by atoms with van der Waals surface area (Å²) in [7, 11) is -0.261. The lowest BCUT2D eigenvalue weighted by molar-refractivity contribution is 0.185. The quantitative estimate of drug-likeness (QED) is 0.394. The minimum absolute atomic E-state index is 0.274. The van der Waals surface area contributed by atoms with Gasteiger partial charge in [-0.1, -0.05) is 39.0 Å². The zero-order valence-corrected chi connectivity index (χ0v) is 22.0. The number of ether oxygens (including phenoxy) is 2. The SMILES string of the molecule is COCc1cc(NS(C)(=O)=O)ccc1/C=C/c1cc(-c2c[nH]c(=O)[nH]c2=O)cc(C(C)(C)C)c1OC. The second-order valence-electron chi connectivity index (χ2n) is 9.44. The number of rotatable bonds is 8. The van der Waals surface area contributed by atoms with Crippen LogP contribution in [-0.4, -0.2) is 38.9 Å². The molecule has 1 heterocycles. The van der Waals surface area contributed by atoms with E-state index in [-0.39, 0.29) is 12.0 Å². The molecule has 0 aliphatic heterocycles. The van der Waals surface area contributed by atoms with E-state index in [1.165, 1.54) is 6.20 Å². The van der Waals surface area contributed by atoms with Crippen molar-refractivity contribution in [3.63, 3.8) is 0 Å². The summed E-state index contributed by atoms with van der Waals surface area (Å²) in [5.74, 6) is 0.659. The lowest BCUT2D eigenvalue weighted by Crippen LogP contribution is -2.23. The number of methoxy groups -OCH3 is 2. The Morgan fingerprint density at radius 1 is 1.03 bits per heavy atom. The average Bonchev–Trinajstić information content (AvgIpc) is 2.76. The lowest BCUT2D eigenvalue weighted by atomic mass is 9.83. The zero-order chi connectivity index (χ0) is 26.7. The number of nitrogens with one attached hydrogen (secondary N) is 3. The van der Waals surface area contributed by atoms with Gasteiger partial charge in [0.15, 0.2) is 0 Å². The topological polar surface area (TPSA) is 130 Å². The van der Waals surface area contributed by atoms with Crippen LogP contribution in [0.15, 0.2) is 46.1 Å². The smallest absolute Gasteiger partial charge is 0.325 e. The fourth-order valence-electron chi connectivity index (χ4n) is 3.85. The van der Waals surface area contributed by atoms with Crippen molar-refractivity contribution in [3.05, 3.63) is 79.6 Å². The summed E-state index contributed by atoms with van der Waals surface area (Å²) in [6, 6.07) is 8.91. The predicted octanol–water partition coefficient (Wildman–Crippen LogP) is 3.72. The van der Waals surface area contributed by atoms with Gasteiger partial charge < -0.3 is 14.5 Å². The highest BCUT2D eigenvalue weighted by molar-refractivity contribution is 7.92. The van der Waals surface area contributed by atoms with E-state index in [0.29, 0.717) is 22.6 Å². The number of H-pyrrole nitrogens is 2. The molecule has 10 heteroatoms. The van der Waals surface area contributed by atoms with Crippen molar-refractivity contribution in [1.29, 1.82) is 0 Å². The summed E-state index contributed by atoms with van der Waals surface area (Å²) in [6.07, 6.45) is 6.24. The van der Waals surface area contributed by atoms with Crippen molar-refractivity contribution in [2.75, 3.05) is 25.2 Å². The maximum Gasteiger partial charge on any atom is 0.325 e. The van der Waals surface area contributed by atoms with Crippen LogP contribution in [-0.2, 0) is 26.8 Å². The van der Waals surface area contributed by atoms with E-state index in [1.807, 2.05) is 45.1 Å². The van der Waals surface area contributed by atoms with Gasteiger partial charge in [-0.2, -0.15) is 0 Å². The number of sulfonamides is 1. The molecule has 0 spiro atoms. The minimum Gasteiger partial charge on any atom is -0.496 e. The summed E-state index contributed by atoms with van der Waals surface area (Å²) in [5.41, 5.74) is 3.24. The van der Waals surface area contributed by atoms with Crippen molar-refractivity contribution in [3.8, 4) is 16.9 Å². The van der Waals surface area contributed by atoms with Gasteiger partial charge >= 0.3 is 5.69 Å². The van der Waals surface area contributed by atoms with Crippen LogP contribution < -0.4 is 20.7 Å². The molecule has 36 heavy (non-hydrogen) atoms. The van der Waals surface area contributed by atoms with Crippen molar-refractivity contribution in [2.24, 2.45) is 0 Å². The molecule has 0 saturated heterocycles.